The minimum atomic E-state index is 0.710. The van der Waals surface area contributed by atoms with Gasteiger partial charge in [0.25, 0.3) is 0 Å². The van der Waals surface area contributed by atoms with Crippen LogP contribution in [-0.4, -0.2) is 9.55 Å². The van der Waals surface area contributed by atoms with Gasteiger partial charge in [0.15, 0.2) is 4.80 Å². The van der Waals surface area contributed by atoms with Crippen LogP contribution in [0.25, 0.3) is 11.3 Å². The van der Waals surface area contributed by atoms with E-state index in [1.54, 1.807) is 11.3 Å². The second kappa shape index (κ2) is 8.86. The summed E-state index contributed by atoms with van der Waals surface area (Å²) in [7, 11) is 0. The summed E-state index contributed by atoms with van der Waals surface area (Å²) >= 11 is 11.3. The second-order valence-corrected chi connectivity index (χ2v) is 8.32. The third-order valence-corrected chi connectivity index (χ3v) is 6.12. The maximum absolute atomic E-state index is 6.01. The molecular formula is C22H17BrClN3S. The molecule has 0 spiro atoms. The largest absolute Gasteiger partial charge is 0.316 e. The Balaban J connectivity index is 1.77. The number of benzene rings is 2. The molecule has 0 aliphatic rings. The minimum Gasteiger partial charge on any atom is -0.316 e. The first-order valence-electron chi connectivity index (χ1n) is 8.84. The van der Waals surface area contributed by atoms with Gasteiger partial charge < -0.3 is 4.57 Å². The van der Waals surface area contributed by atoms with Gasteiger partial charge >= 0.3 is 0 Å². The van der Waals surface area contributed by atoms with Crippen molar-refractivity contribution in [2.75, 3.05) is 0 Å². The molecule has 0 saturated carbocycles. The van der Waals surface area contributed by atoms with Crippen molar-refractivity contribution in [2.45, 2.75) is 13.0 Å². The van der Waals surface area contributed by atoms with Crippen molar-refractivity contribution in [1.82, 2.24) is 9.55 Å². The molecule has 0 atom stereocenters. The minimum absolute atomic E-state index is 0.710. The third kappa shape index (κ3) is 4.43. The first kappa shape index (κ1) is 19.1. The van der Waals surface area contributed by atoms with Crippen LogP contribution in [0.2, 0.25) is 5.02 Å². The van der Waals surface area contributed by atoms with E-state index in [0.717, 1.165) is 44.9 Å². The molecule has 0 fully saturated rings. The summed E-state index contributed by atoms with van der Waals surface area (Å²) in [4.78, 5) is 10.3. The molecule has 28 heavy (non-hydrogen) atoms. The van der Waals surface area contributed by atoms with Gasteiger partial charge in [-0.25, -0.2) is 4.99 Å². The smallest absolute Gasteiger partial charge is 0.190 e. The van der Waals surface area contributed by atoms with Crippen molar-refractivity contribution in [3.63, 3.8) is 0 Å². The Labute approximate surface area is 181 Å². The number of halogens is 2. The van der Waals surface area contributed by atoms with Crippen LogP contribution in [0.15, 0.2) is 87.8 Å². The normalized spacial score (nSPS) is 11.7. The van der Waals surface area contributed by atoms with Crippen LogP contribution in [-0.2, 0) is 13.0 Å². The Hall–Kier alpha value is -2.21. The summed E-state index contributed by atoms with van der Waals surface area (Å²) < 4.78 is 3.33. The Morgan fingerprint density at radius 1 is 1.00 bits per heavy atom. The topological polar surface area (TPSA) is 30.2 Å². The number of pyridine rings is 1. The zero-order valence-corrected chi connectivity index (χ0v) is 18.1. The van der Waals surface area contributed by atoms with Crippen molar-refractivity contribution in [2.24, 2.45) is 4.99 Å². The van der Waals surface area contributed by atoms with Gasteiger partial charge in [0.05, 0.1) is 11.4 Å². The predicted molar refractivity (Wildman–Crippen MR) is 120 cm³/mol. The van der Waals surface area contributed by atoms with Crippen LogP contribution in [0.3, 0.4) is 0 Å². The zero-order chi connectivity index (χ0) is 19.3. The highest BCUT2D eigenvalue weighted by Crippen LogP contribution is 2.28. The van der Waals surface area contributed by atoms with Crippen LogP contribution in [0.5, 0.6) is 0 Å². The molecule has 0 unspecified atom stereocenters. The maximum atomic E-state index is 6.01. The fourth-order valence-electron chi connectivity index (χ4n) is 2.92. The molecule has 0 N–H and O–H groups in total. The summed E-state index contributed by atoms with van der Waals surface area (Å²) in [5.41, 5.74) is 4.24. The lowest BCUT2D eigenvalue weighted by atomic mass is 10.1. The number of nitrogens with zero attached hydrogens (tertiary/aromatic N) is 3. The molecule has 0 aliphatic carbocycles. The first-order chi connectivity index (χ1) is 13.7. The molecule has 2 aromatic heterocycles. The molecule has 0 aliphatic heterocycles. The SMILES string of the molecule is Clc1ccc(N=c2scc(-c3ccccc3Br)n2CCc2ccccn2)cc1. The molecule has 4 rings (SSSR count). The summed E-state index contributed by atoms with van der Waals surface area (Å²) in [6, 6.07) is 21.9. The van der Waals surface area contributed by atoms with Gasteiger partial charge in [0, 0.05) is 45.3 Å². The average Bonchev–Trinajstić information content (AvgIpc) is 3.11. The highest BCUT2D eigenvalue weighted by Gasteiger charge is 2.11. The van der Waals surface area contributed by atoms with E-state index >= 15 is 0 Å². The van der Waals surface area contributed by atoms with E-state index in [1.165, 1.54) is 0 Å². The molecule has 0 amide bonds. The van der Waals surface area contributed by atoms with Crippen molar-refractivity contribution in [3.8, 4) is 11.3 Å². The number of aryl methyl sites for hydroxylation is 1. The molecule has 4 aromatic rings. The van der Waals surface area contributed by atoms with Crippen LogP contribution in [0, 0.1) is 0 Å². The van der Waals surface area contributed by atoms with E-state index in [2.05, 4.69) is 55.1 Å². The monoisotopic (exact) mass is 469 g/mol. The van der Waals surface area contributed by atoms with Crippen LogP contribution >= 0.6 is 38.9 Å². The summed E-state index contributed by atoms with van der Waals surface area (Å²) in [6.45, 7) is 0.795. The molecule has 6 heteroatoms. The quantitative estimate of drug-likeness (QED) is 0.327. The summed E-state index contributed by atoms with van der Waals surface area (Å²) in [6.07, 6.45) is 2.67. The second-order valence-electron chi connectivity index (χ2n) is 6.19. The number of rotatable bonds is 5. The van der Waals surface area contributed by atoms with E-state index in [0.29, 0.717) is 5.02 Å². The van der Waals surface area contributed by atoms with E-state index < -0.39 is 0 Å². The van der Waals surface area contributed by atoms with Gasteiger partial charge in [-0.05, 0) is 42.5 Å². The van der Waals surface area contributed by atoms with Crippen LogP contribution < -0.4 is 4.80 Å². The van der Waals surface area contributed by atoms with Gasteiger partial charge in [-0.2, -0.15) is 0 Å². The Morgan fingerprint density at radius 3 is 2.54 bits per heavy atom. The molecule has 2 aromatic carbocycles. The summed E-state index contributed by atoms with van der Waals surface area (Å²) in [5, 5.41) is 2.87. The van der Waals surface area contributed by atoms with E-state index in [9.17, 15) is 0 Å². The molecule has 2 heterocycles. The number of hydrogen-bond donors (Lipinski definition) is 0. The molecule has 3 nitrogen and oxygen atoms in total. The Kier molecular flexibility index (Phi) is 6.05. The van der Waals surface area contributed by atoms with Crippen LogP contribution in [0.1, 0.15) is 5.69 Å². The number of aromatic nitrogens is 2. The van der Waals surface area contributed by atoms with Crippen LogP contribution in [0.4, 0.5) is 5.69 Å². The average molecular weight is 471 g/mol. The van der Waals surface area contributed by atoms with Gasteiger partial charge in [-0.1, -0.05) is 51.8 Å². The van der Waals surface area contributed by atoms with Crippen molar-refractivity contribution in [3.05, 3.63) is 98.3 Å². The van der Waals surface area contributed by atoms with Gasteiger partial charge in [-0.15, -0.1) is 11.3 Å². The lowest BCUT2D eigenvalue weighted by Gasteiger charge is -2.10. The lowest BCUT2D eigenvalue weighted by molar-refractivity contribution is 0.674. The fourth-order valence-corrected chi connectivity index (χ4v) is 4.48. The van der Waals surface area contributed by atoms with Crippen molar-refractivity contribution in [1.29, 1.82) is 0 Å². The molecule has 0 saturated heterocycles. The number of hydrogen-bond acceptors (Lipinski definition) is 3. The van der Waals surface area contributed by atoms with E-state index in [4.69, 9.17) is 16.6 Å². The highest BCUT2D eigenvalue weighted by atomic mass is 79.9. The van der Waals surface area contributed by atoms with E-state index in [1.807, 2.05) is 48.7 Å². The summed E-state index contributed by atoms with van der Waals surface area (Å²) in [5.74, 6) is 0. The molecular weight excluding hydrogens is 454 g/mol. The van der Waals surface area contributed by atoms with Gasteiger partial charge in [0.1, 0.15) is 0 Å². The van der Waals surface area contributed by atoms with Crippen molar-refractivity contribution < 1.29 is 0 Å². The van der Waals surface area contributed by atoms with Gasteiger partial charge in [-0.3, -0.25) is 4.98 Å². The first-order valence-corrected chi connectivity index (χ1v) is 10.9. The predicted octanol–water partition coefficient (Wildman–Crippen LogP) is 6.50. The number of thiazole rings is 1. The standard InChI is InChI=1S/C22H17BrClN3S/c23-20-7-2-1-6-19(20)21-15-28-22(26-18-10-8-16(24)9-11-18)27(21)14-12-17-5-3-4-13-25-17/h1-11,13,15H,12,14H2. The Bertz CT molecular complexity index is 1130. The fraction of sp³-hybridized carbons (Fsp3) is 0.0909. The van der Waals surface area contributed by atoms with Gasteiger partial charge in [0.2, 0.25) is 0 Å². The molecule has 0 bridgehead atoms. The molecule has 140 valence electrons. The maximum Gasteiger partial charge on any atom is 0.190 e. The molecule has 0 radical (unpaired) electrons. The van der Waals surface area contributed by atoms with E-state index in [-0.39, 0.29) is 0 Å². The third-order valence-electron chi connectivity index (χ3n) is 4.32. The lowest BCUT2D eigenvalue weighted by Crippen LogP contribution is -2.17. The highest BCUT2D eigenvalue weighted by molar-refractivity contribution is 9.10. The Morgan fingerprint density at radius 2 is 1.79 bits per heavy atom. The van der Waals surface area contributed by atoms with Crippen molar-refractivity contribution >= 4 is 44.6 Å². The zero-order valence-electron chi connectivity index (χ0n) is 14.9.